The molecule has 1 aromatic carbocycles. The van der Waals surface area contributed by atoms with E-state index in [2.05, 4.69) is 30.7 Å². The molecule has 2 N–H and O–H groups in total. The van der Waals surface area contributed by atoms with E-state index >= 15 is 0 Å². The van der Waals surface area contributed by atoms with E-state index in [9.17, 15) is 9.59 Å². The van der Waals surface area contributed by atoms with Crippen molar-refractivity contribution >= 4 is 10.9 Å². The molecule has 4 heteroatoms. The van der Waals surface area contributed by atoms with Gasteiger partial charge in [-0.15, -0.1) is 0 Å². The third-order valence-corrected chi connectivity index (χ3v) is 2.80. The maximum Gasteiger partial charge on any atom is 0.326 e. The van der Waals surface area contributed by atoms with Gasteiger partial charge in [0.1, 0.15) is 0 Å². The minimum absolute atomic E-state index is 0.124. The van der Waals surface area contributed by atoms with E-state index in [0.29, 0.717) is 10.9 Å². The van der Waals surface area contributed by atoms with Crippen molar-refractivity contribution in [3.05, 3.63) is 44.1 Å². The second-order valence-corrected chi connectivity index (χ2v) is 5.39. The third-order valence-electron chi connectivity index (χ3n) is 2.80. The number of aryl methyl sites for hydroxylation is 1. The lowest BCUT2D eigenvalue weighted by Crippen LogP contribution is -2.24. The molecule has 0 amide bonds. The van der Waals surface area contributed by atoms with Crippen molar-refractivity contribution in [2.45, 2.75) is 33.1 Å². The fourth-order valence-corrected chi connectivity index (χ4v) is 2.01. The molecule has 0 saturated carbocycles. The van der Waals surface area contributed by atoms with Crippen molar-refractivity contribution in [3.63, 3.8) is 0 Å². The molecule has 0 aliphatic rings. The fourth-order valence-electron chi connectivity index (χ4n) is 2.01. The molecule has 4 nitrogen and oxygen atoms in total. The Balaban J connectivity index is 3.03. The maximum atomic E-state index is 11.8. The summed E-state index contributed by atoms with van der Waals surface area (Å²) in [6.07, 6.45) is 0. The number of aromatic amines is 2. The van der Waals surface area contributed by atoms with Crippen LogP contribution in [0.25, 0.3) is 10.9 Å². The van der Waals surface area contributed by atoms with Crippen LogP contribution in [0.3, 0.4) is 0 Å². The summed E-state index contributed by atoms with van der Waals surface area (Å²) in [6.45, 7) is 8.11. The van der Waals surface area contributed by atoms with E-state index < -0.39 is 5.69 Å². The molecule has 2 aromatic rings. The lowest BCUT2D eigenvalue weighted by atomic mass is 9.84. The van der Waals surface area contributed by atoms with Gasteiger partial charge in [0.15, 0.2) is 0 Å². The quantitative estimate of drug-likeness (QED) is 0.727. The summed E-state index contributed by atoms with van der Waals surface area (Å²) in [7, 11) is 0. The smallest absolute Gasteiger partial charge is 0.307 e. The maximum absolute atomic E-state index is 11.8. The summed E-state index contributed by atoms with van der Waals surface area (Å²) in [5.74, 6) is 0. The number of hydrogen-bond donors (Lipinski definition) is 2. The van der Waals surface area contributed by atoms with Crippen molar-refractivity contribution < 1.29 is 0 Å². The van der Waals surface area contributed by atoms with Crippen LogP contribution in [0.1, 0.15) is 31.9 Å². The van der Waals surface area contributed by atoms with Gasteiger partial charge in [-0.2, -0.15) is 0 Å². The van der Waals surface area contributed by atoms with Crippen LogP contribution in [0.2, 0.25) is 0 Å². The van der Waals surface area contributed by atoms with E-state index in [4.69, 9.17) is 0 Å². The van der Waals surface area contributed by atoms with Gasteiger partial charge in [0, 0.05) is 0 Å². The normalized spacial score (nSPS) is 12.0. The molecule has 0 fully saturated rings. The molecule has 0 unspecified atom stereocenters. The highest BCUT2D eigenvalue weighted by molar-refractivity contribution is 5.82. The first-order chi connectivity index (χ1) is 7.79. The molecular weight excluding hydrogens is 216 g/mol. The molecule has 90 valence electrons. The topological polar surface area (TPSA) is 65.7 Å². The molecular formula is C13H16N2O2. The lowest BCUT2D eigenvalue weighted by molar-refractivity contribution is 0.594. The van der Waals surface area contributed by atoms with Crippen molar-refractivity contribution in [2.75, 3.05) is 0 Å². The Morgan fingerprint density at radius 3 is 2.29 bits per heavy atom. The summed E-state index contributed by atoms with van der Waals surface area (Å²) < 4.78 is 0. The average molecular weight is 232 g/mol. The number of nitrogens with one attached hydrogen (secondary N) is 2. The zero-order valence-corrected chi connectivity index (χ0v) is 10.5. The van der Waals surface area contributed by atoms with Gasteiger partial charge in [-0.3, -0.25) is 9.78 Å². The number of hydrogen-bond acceptors (Lipinski definition) is 2. The molecule has 2 rings (SSSR count). The summed E-state index contributed by atoms with van der Waals surface area (Å²) in [5.41, 5.74) is 1.71. The predicted molar refractivity (Wildman–Crippen MR) is 68.6 cm³/mol. The molecule has 0 radical (unpaired) electrons. The zero-order valence-electron chi connectivity index (χ0n) is 10.5. The van der Waals surface area contributed by atoms with E-state index in [1.165, 1.54) is 0 Å². The first-order valence-corrected chi connectivity index (χ1v) is 5.56. The molecule has 0 aliphatic carbocycles. The Morgan fingerprint density at radius 2 is 1.71 bits per heavy atom. The van der Waals surface area contributed by atoms with Crippen LogP contribution in [-0.4, -0.2) is 9.97 Å². The molecule has 0 aliphatic heterocycles. The predicted octanol–water partition coefficient (Wildman–Crippen LogP) is 1.82. The van der Waals surface area contributed by atoms with Gasteiger partial charge in [-0.05, 0) is 29.5 Å². The molecule has 0 atom stereocenters. The van der Waals surface area contributed by atoms with Crippen molar-refractivity contribution in [1.29, 1.82) is 0 Å². The number of H-pyrrole nitrogens is 2. The molecule has 1 heterocycles. The first-order valence-electron chi connectivity index (χ1n) is 5.56. The number of benzene rings is 1. The minimum Gasteiger partial charge on any atom is -0.307 e. The molecule has 0 bridgehead atoms. The zero-order chi connectivity index (χ0) is 12.8. The number of rotatable bonds is 0. The number of aromatic nitrogens is 2. The van der Waals surface area contributed by atoms with E-state index in [1.54, 1.807) is 6.07 Å². The molecule has 17 heavy (non-hydrogen) atoms. The van der Waals surface area contributed by atoms with Gasteiger partial charge in [0.25, 0.3) is 5.56 Å². The van der Waals surface area contributed by atoms with Gasteiger partial charge in [-0.25, -0.2) is 4.79 Å². The van der Waals surface area contributed by atoms with Crippen molar-refractivity contribution in [2.24, 2.45) is 0 Å². The van der Waals surface area contributed by atoms with Gasteiger partial charge in [0.2, 0.25) is 0 Å². The van der Waals surface area contributed by atoms with Crippen molar-refractivity contribution in [1.82, 2.24) is 9.97 Å². The van der Waals surface area contributed by atoms with Gasteiger partial charge in [-0.1, -0.05) is 26.8 Å². The standard InChI is InChI=1S/C13H16N2O2/c1-7-5-8-10(9(6-7)13(2,3)4)14-12(17)15-11(8)16/h5-6H,1-4H3,(H2,14,15,16,17). The van der Waals surface area contributed by atoms with Gasteiger partial charge < -0.3 is 4.98 Å². The van der Waals surface area contributed by atoms with E-state index in [1.807, 2.05) is 13.0 Å². The molecule has 0 saturated heterocycles. The van der Waals surface area contributed by atoms with Crippen LogP contribution < -0.4 is 11.2 Å². The fraction of sp³-hybridized carbons (Fsp3) is 0.385. The first kappa shape index (κ1) is 11.6. The highest BCUT2D eigenvalue weighted by Crippen LogP contribution is 2.28. The summed E-state index contributed by atoms with van der Waals surface area (Å²) in [5, 5.41) is 0.537. The minimum atomic E-state index is -0.461. The van der Waals surface area contributed by atoms with Gasteiger partial charge >= 0.3 is 5.69 Å². The lowest BCUT2D eigenvalue weighted by Gasteiger charge is -2.21. The summed E-state index contributed by atoms with van der Waals surface area (Å²) in [6, 6.07) is 3.80. The molecule has 1 aromatic heterocycles. The van der Waals surface area contributed by atoms with Crippen LogP contribution in [0.5, 0.6) is 0 Å². The Morgan fingerprint density at radius 1 is 1.06 bits per heavy atom. The third kappa shape index (κ3) is 2.02. The monoisotopic (exact) mass is 232 g/mol. The average Bonchev–Trinajstić information content (AvgIpc) is 2.16. The second kappa shape index (κ2) is 3.58. The largest absolute Gasteiger partial charge is 0.326 e. The van der Waals surface area contributed by atoms with Crippen LogP contribution in [-0.2, 0) is 5.41 Å². The van der Waals surface area contributed by atoms with Crippen LogP contribution in [0.15, 0.2) is 21.7 Å². The van der Waals surface area contributed by atoms with E-state index in [-0.39, 0.29) is 11.0 Å². The Labute approximate surface area is 98.7 Å². The summed E-state index contributed by atoms with van der Waals surface area (Å²) >= 11 is 0. The van der Waals surface area contributed by atoms with Gasteiger partial charge in [0.05, 0.1) is 10.9 Å². The Hall–Kier alpha value is -1.84. The van der Waals surface area contributed by atoms with E-state index in [0.717, 1.165) is 11.1 Å². The summed E-state index contributed by atoms with van der Waals surface area (Å²) in [4.78, 5) is 28.1. The molecule has 0 spiro atoms. The van der Waals surface area contributed by atoms with Crippen LogP contribution in [0, 0.1) is 6.92 Å². The van der Waals surface area contributed by atoms with Crippen LogP contribution >= 0.6 is 0 Å². The van der Waals surface area contributed by atoms with Crippen LogP contribution in [0.4, 0.5) is 0 Å². The second-order valence-electron chi connectivity index (χ2n) is 5.39. The Kier molecular flexibility index (Phi) is 2.45. The van der Waals surface area contributed by atoms with Crippen molar-refractivity contribution in [3.8, 4) is 0 Å². The number of fused-ring (bicyclic) bond motifs is 1. The SMILES string of the molecule is Cc1cc(C(C)(C)C)c2[nH]c(=O)[nH]c(=O)c2c1. The highest BCUT2D eigenvalue weighted by atomic mass is 16.2. The Bertz CT molecular complexity index is 687. The highest BCUT2D eigenvalue weighted by Gasteiger charge is 2.19.